The summed E-state index contributed by atoms with van der Waals surface area (Å²) in [5, 5.41) is 2.91. The largest absolute Gasteiger partial charge is 0.491 e. The maximum Gasteiger partial charge on any atom is 0.226 e. The third-order valence-electron chi connectivity index (χ3n) is 3.39. The van der Waals surface area contributed by atoms with Gasteiger partial charge in [0.05, 0.1) is 12.3 Å². The van der Waals surface area contributed by atoms with Crippen molar-refractivity contribution in [2.75, 3.05) is 11.9 Å². The zero-order valence-corrected chi connectivity index (χ0v) is 13.8. The number of carbonyl (C=O) groups excluding carboxylic acids is 1. The van der Waals surface area contributed by atoms with Crippen LogP contribution in [-0.2, 0) is 4.79 Å². The van der Waals surface area contributed by atoms with Crippen molar-refractivity contribution >= 4 is 11.6 Å². The number of hydrogen-bond acceptors (Lipinski definition) is 3. The van der Waals surface area contributed by atoms with Crippen molar-refractivity contribution in [3.63, 3.8) is 0 Å². The van der Waals surface area contributed by atoms with Gasteiger partial charge in [0.15, 0.2) is 0 Å². The molecule has 0 aromatic heterocycles. The molecule has 0 spiro atoms. The Hall–Kier alpha value is -1.55. The molecule has 0 bridgehead atoms. The van der Waals surface area contributed by atoms with Crippen molar-refractivity contribution in [2.24, 2.45) is 11.1 Å². The Balaban J connectivity index is 2.75. The molecule has 1 amide bonds. The number of hydrogen-bond donors (Lipinski definition) is 2. The van der Waals surface area contributed by atoms with E-state index in [0.29, 0.717) is 18.7 Å². The molecule has 1 atom stereocenters. The first-order valence-electron chi connectivity index (χ1n) is 7.53. The summed E-state index contributed by atoms with van der Waals surface area (Å²) < 4.78 is 5.69. The maximum atomic E-state index is 12.1. The fraction of sp³-hybridized carbons (Fsp3) is 0.588. The number of benzene rings is 1. The minimum absolute atomic E-state index is 0.0809. The van der Waals surface area contributed by atoms with Gasteiger partial charge in [-0.05, 0) is 36.5 Å². The zero-order chi connectivity index (χ0) is 16.0. The number of aryl methyl sites for hydroxylation is 1. The average molecular weight is 292 g/mol. The van der Waals surface area contributed by atoms with Crippen LogP contribution in [0.3, 0.4) is 0 Å². The molecule has 1 unspecified atom stereocenters. The van der Waals surface area contributed by atoms with Crippen molar-refractivity contribution in [1.29, 1.82) is 0 Å². The summed E-state index contributed by atoms with van der Waals surface area (Å²) in [5.41, 5.74) is 7.78. The lowest BCUT2D eigenvalue weighted by Crippen LogP contribution is -2.38. The van der Waals surface area contributed by atoms with Crippen LogP contribution in [0.1, 0.15) is 46.1 Å². The number of carbonyl (C=O) groups is 1. The van der Waals surface area contributed by atoms with Crippen LogP contribution >= 0.6 is 0 Å². The molecule has 0 saturated carbocycles. The highest BCUT2D eigenvalue weighted by Crippen LogP contribution is 2.27. The van der Waals surface area contributed by atoms with Crippen molar-refractivity contribution < 1.29 is 9.53 Å². The Kier molecular flexibility index (Phi) is 6.21. The molecule has 0 fully saturated rings. The number of amides is 1. The molecule has 0 aliphatic rings. The third kappa shape index (κ3) is 5.76. The summed E-state index contributed by atoms with van der Waals surface area (Å²) in [6.45, 7) is 10.8. The van der Waals surface area contributed by atoms with Crippen molar-refractivity contribution in [3.05, 3.63) is 23.8 Å². The van der Waals surface area contributed by atoms with Gasteiger partial charge in [0, 0.05) is 12.5 Å². The van der Waals surface area contributed by atoms with Gasteiger partial charge < -0.3 is 15.8 Å². The van der Waals surface area contributed by atoms with E-state index in [1.165, 1.54) is 0 Å². The highest BCUT2D eigenvalue weighted by molar-refractivity contribution is 5.92. The first kappa shape index (κ1) is 17.5. The van der Waals surface area contributed by atoms with E-state index < -0.39 is 0 Å². The van der Waals surface area contributed by atoms with Gasteiger partial charge >= 0.3 is 0 Å². The third-order valence-corrected chi connectivity index (χ3v) is 3.39. The van der Waals surface area contributed by atoms with Crippen molar-refractivity contribution in [2.45, 2.75) is 53.5 Å². The summed E-state index contributed by atoms with van der Waals surface area (Å²) >= 11 is 0. The van der Waals surface area contributed by atoms with Crippen LogP contribution in [-0.4, -0.2) is 18.6 Å². The number of anilines is 1. The normalized spacial score (nSPS) is 12.9. The summed E-state index contributed by atoms with van der Waals surface area (Å²) in [6, 6.07) is 5.59. The number of rotatable bonds is 6. The smallest absolute Gasteiger partial charge is 0.226 e. The van der Waals surface area contributed by atoms with Gasteiger partial charge in [-0.15, -0.1) is 0 Å². The van der Waals surface area contributed by atoms with E-state index in [9.17, 15) is 4.79 Å². The predicted molar refractivity (Wildman–Crippen MR) is 87.6 cm³/mol. The zero-order valence-electron chi connectivity index (χ0n) is 13.8. The molecule has 0 aliphatic carbocycles. The van der Waals surface area contributed by atoms with Gasteiger partial charge in [-0.25, -0.2) is 0 Å². The fourth-order valence-electron chi connectivity index (χ4n) is 1.77. The second-order valence-corrected chi connectivity index (χ2v) is 6.57. The number of nitrogens with two attached hydrogens (primary N) is 1. The Morgan fingerprint density at radius 2 is 2.05 bits per heavy atom. The summed E-state index contributed by atoms with van der Waals surface area (Å²) in [7, 11) is 0. The molecule has 3 N–H and O–H groups in total. The Bertz CT molecular complexity index is 478. The molecule has 1 rings (SSSR count). The maximum absolute atomic E-state index is 12.1. The van der Waals surface area contributed by atoms with Crippen LogP contribution in [0.5, 0.6) is 5.75 Å². The molecular formula is C17H28N2O2. The van der Waals surface area contributed by atoms with E-state index >= 15 is 0 Å². The molecule has 0 aliphatic heterocycles. The van der Waals surface area contributed by atoms with E-state index in [-0.39, 0.29) is 17.4 Å². The lowest BCUT2D eigenvalue weighted by atomic mass is 9.85. The van der Waals surface area contributed by atoms with Crippen LogP contribution in [0.2, 0.25) is 0 Å². The molecule has 118 valence electrons. The van der Waals surface area contributed by atoms with Crippen LogP contribution < -0.4 is 15.8 Å². The monoisotopic (exact) mass is 292 g/mol. The first-order chi connectivity index (χ1) is 9.74. The number of nitrogens with one attached hydrogen (secondary N) is 1. The standard InChI is InChI=1S/C17H28N2O2/c1-6-9-21-14-10-12(2)7-8-13(14)19-16(20)11-15(18)17(3,4)5/h7-8,10,15H,6,9,11,18H2,1-5H3,(H,19,20). The highest BCUT2D eigenvalue weighted by Gasteiger charge is 2.23. The van der Waals surface area contributed by atoms with Crippen molar-refractivity contribution in [1.82, 2.24) is 0 Å². The topological polar surface area (TPSA) is 64.3 Å². The van der Waals surface area contributed by atoms with Gasteiger partial charge in [-0.1, -0.05) is 33.8 Å². The van der Waals surface area contributed by atoms with Gasteiger partial charge in [0.1, 0.15) is 5.75 Å². The van der Waals surface area contributed by atoms with E-state index in [4.69, 9.17) is 10.5 Å². The Morgan fingerprint density at radius 1 is 1.38 bits per heavy atom. The average Bonchev–Trinajstić information content (AvgIpc) is 2.37. The van der Waals surface area contributed by atoms with E-state index in [1.54, 1.807) is 0 Å². The Morgan fingerprint density at radius 3 is 2.62 bits per heavy atom. The molecule has 0 heterocycles. The number of ether oxygens (including phenoxy) is 1. The van der Waals surface area contributed by atoms with E-state index in [0.717, 1.165) is 17.7 Å². The fourth-order valence-corrected chi connectivity index (χ4v) is 1.77. The molecule has 4 nitrogen and oxygen atoms in total. The molecule has 0 radical (unpaired) electrons. The highest BCUT2D eigenvalue weighted by atomic mass is 16.5. The molecule has 4 heteroatoms. The van der Waals surface area contributed by atoms with E-state index in [1.807, 2.05) is 45.9 Å². The minimum Gasteiger partial charge on any atom is -0.491 e. The van der Waals surface area contributed by atoms with Crippen LogP contribution in [0.25, 0.3) is 0 Å². The molecule has 1 aromatic carbocycles. The minimum atomic E-state index is -0.178. The van der Waals surface area contributed by atoms with Crippen LogP contribution in [0.4, 0.5) is 5.69 Å². The Labute approximate surface area is 128 Å². The van der Waals surface area contributed by atoms with Gasteiger partial charge in [-0.2, -0.15) is 0 Å². The van der Waals surface area contributed by atoms with E-state index in [2.05, 4.69) is 12.2 Å². The summed E-state index contributed by atoms with van der Waals surface area (Å²) in [5.74, 6) is 0.636. The SMILES string of the molecule is CCCOc1cc(C)ccc1NC(=O)CC(N)C(C)(C)C. The predicted octanol–water partition coefficient (Wildman–Crippen LogP) is 3.49. The molecular weight excluding hydrogens is 264 g/mol. The summed E-state index contributed by atoms with van der Waals surface area (Å²) in [6.07, 6.45) is 1.22. The van der Waals surface area contributed by atoms with Gasteiger partial charge in [0.25, 0.3) is 0 Å². The lowest BCUT2D eigenvalue weighted by Gasteiger charge is -2.26. The molecule has 1 aromatic rings. The summed E-state index contributed by atoms with van der Waals surface area (Å²) in [4.78, 5) is 12.1. The quantitative estimate of drug-likeness (QED) is 0.843. The molecule has 21 heavy (non-hydrogen) atoms. The van der Waals surface area contributed by atoms with Crippen LogP contribution in [0, 0.1) is 12.3 Å². The molecule has 0 saturated heterocycles. The van der Waals surface area contributed by atoms with Gasteiger partial charge in [0.2, 0.25) is 5.91 Å². The van der Waals surface area contributed by atoms with Gasteiger partial charge in [-0.3, -0.25) is 4.79 Å². The lowest BCUT2D eigenvalue weighted by molar-refractivity contribution is -0.117. The first-order valence-corrected chi connectivity index (χ1v) is 7.53. The second-order valence-electron chi connectivity index (χ2n) is 6.57. The second kappa shape index (κ2) is 7.46. The van der Waals surface area contributed by atoms with Crippen molar-refractivity contribution in [3.8, 4) is 5.75 Å². The van der Waals surface area contributed by atoms with Crippen LogP contribution in [0.15, 0.2) is 18.2 Å².